The predicted molar refractivity (Wildman–Crippen MR) is 83.7 cm³/mol. The zero-order valence-electron chi connectivity index (χ0n) is 10.8. The van der Waals surface area contributed by atoms with Gasteiger partial charge >= 0.3 is 5.97 Å². The highest BCUT2D eigenvalue weighted by atomic mass is 79.9. The van der Waals surface area contributed by atoms with Crippen molar-refractivity contribution in [1.29, 1.82) is 0 Å². The maximum atomic E-state index is 11.9. The zero-order chi connectivity index (χ0) is 15.5. The van der Waals surface area contributed by atoms with Gasteiger partial charge in [0.2, 0.25) is 0 Å². The van der Waals surface area contributed by atoms with Gasteiger partial charge in [0.25, 0.3) is 11.8 Å². The summed E-state index contributed by atoms with van der Waals surface area (Å²) in [4.78, 5) is 16.5. The molecule has 3 rings (SSSR count). The van der Waals surface area contributed by atoms with Crippen molar-refractivity contribution in [3.63, 3.8) is 0 Å². The van der Waals surface area contributed by atoms with Crippen LogP contribution in [0.2, 0.25) is 5.15 Å². The van der Waals surface area contributed by atoms with E-state index < -0.39 is 5.97 Å². The van der Waals surface area contributed by atoms with Gasteiger partial charge in [-0.1, -0.05) is 11.6 Å². The van der Waals surface area contributed by atoms with Crippen LogP contribution in [0.5, 0.6) is 0 Å². The molecule has 3 aromatic heterocycles. The van der Waals surface area contributed by atoms with Crippen LogP contribution >= 0.6 is 38.9 Å². The molecule has 0 aliphatic carbocycles. The normalized spacial score (nSPS) is 10.6. The van der Waals surface area contributed by atoms with Crippen LogP contribution < -0.4 is 0 Å². The Morgan fingerprint density at radius 2 is 2.23 bits per heavy atom. The standard InChI is InChI=1S/C13H7BrClN3O3S/c14-9-4-3-8(22-9)12-18-17-10(21-12)6-20-13(19)7-2-1-5-16-11(7)15/h1-5H,6H2. The number of pyridine rings is 1. The van der Waals surface area contributed by atoms with Gasteiger partial charge in [-0.25, -0.2) is 9.78 Å². The highest BCUT2D eigenvalue weighted by Crippen LogP contribution is 2.30. The van der Waals surface area contributed by atoms with Crippen LogP contribution in [0.15, 0.2) is 38.7 Å². The van der Waals surface area contributed by atoms with Gasteiger partial charge in [-0.15, -0.1) is 21.5 Å². The summed E-state index contributed by atoms with van der Waals surface area (Å²) < 4.78 is 11.5. The number of esters is 1. The fraction of sp³-hybridized carbons (Fsp3) is 0.0769. The van der Waals surface area contributed by atoms with E-state index in [-0.39, 0.29) is 23.2 Å². The number of hydrogen-bond donors (Lipinski definition) is 0. The van der Waals surface area contributed by atoms with E-state index in [4.69, 9.17) is 20.8 Å². The second-order valence-corrected chi connectivity index (χ2v) is 6.84. The molecule has 0 bridgehead atoms. The molecule has 0 radical (unpaired) electrons. The Morgan fingerprint density at radius 1 is 1.36 bits per heavy atom. The van der Waals surface area contributed by atoms with E-state index in [9.17, 15) is 4.79 Å². The SMILES string of the molecule is O=C(OCc1nnc(-c2ccc(Br)s2)o1)c1cccnc1Cl. The minimum Gasteiger partial charge on any atom is -0.452 e. The average molecular weight is 401 g/mol. The average Bonchev–Trinajstić information content (AvgIpc) is 3.14. The first-order valence-electron chi connectivity index (χ1n) is 5.99. The van der Waals surface area contributed by atoms with Crippen molar-refractivity contribution in [2.75, 3.05) is 0 Å². The number of nitrogens with zero attached hydrogens (tertiary/aromatic N) is 3. The summed E-state index contributed by atoms with van der Waals surface area (Å²) in [6.07, 6.45) is 1.49. The van der Waals surface area contributed by atoms with Gasteiger partial charge in [0, 0.05) is 6.20 Å². The molecule has 0 saturated heterocycles. The van der Waals surface area contributed by atoms with Crippen molar-refractivity contribution in [1.82, 2.24) is 15.2 Å². The number of thiophene rings is 1. The lowest BCUT2D eigenvalue weighted by Crippen LogP contribution is -2.06. The van der Waals surface area contributed by atoms with Crippen molar-refractivity contribution < 1.29 is 13.9 Å². The number of ether oxygens (including phenoxy) is 1. The van der Waals surface area contributed by atoms with Crippen molar-refractivity contribution in [2.45, 2.75) is 6.61 Å². The summed E-state index contributed by atoms with van der Waals surface area (Å²) >= 11 is 10.6. The summed E-state index contributed by atoms with van der Waals surface area (Å²) in [5.74, 6) is -0.0224. The predicted octanol–water partition coefficient (Wildman–Crippen LogP) is 3.97. The van der Waals surface area contributed by atoms with Crippen LogP contribution in [0.1, 0.15) is 16.2 Å². The lowest BCUT2D eigenvalue weighted by atomic mass is 10.3. The molecular formula is C13H7BrClN3O3S. The molecule has 0 saturated carbocycles. The van der Waals surface area contributed by atoms with Gasteiger partial charge in [-0.2, -0.15) is 0 Å². The first kappa shape index (κ1) is 15.1. The van der Waals surface area contributed by atoms with Crippen molar-refractivity contribution in [3.8, 4) is 10.8 Å². The largest absolute Gasteiger partial charge is 0.452 e. The molecule has 112 valence electrons. The molecule has 0 aliphatic rings. The molecule has 0 unspecified atom stereocenters. The van der Waals surface area contributed by atoms with Crippen LogP contribution in [0.3, 0.4) is 0 Å². The Labute approximate surface area is 142 Å². The maximum absolute atomic E-state index is 11.9. The van der Waals surface area contributed by atoms with E-state index in [2.05, 4.69) is 31.1 Å². The molecule has 0 spiro atoms. The lowest BCUT2D eigenvalue weighted by Gasteiger charge is -2.02. The molecule has 0 amide bonds. The summed E-state index contributed by atoms with van der Waals surface area (Å²) in [6.45, 7) is -0.135. The smallest absolute Gasteiger partial charge is 0.341 e. The topological polar surface area (TPSA) is 78.1 Å². The molecule has 6 nitrogen and oxygen atoms in total. The van der Waals surface area contributed by atoms with Crippen molar-refractivity contribution in [3.05, 3.63) is 50.9 Å². The number of hydrogen-bond acceptors (Lipinski definition) is 7. The fourth-order valence-electron chi connectivity index (χ4n) is 1.58. The third kappa shape index (κ3) is 3.34. The Balaban J connectivity index is 1.66. The van der Waals surface area contributed by atoms with E-state index in [0.29, 0.717) is 5.89 Å². The minimum atomic E-state index is -0.600. The Bertz CT molecular complexity index is 820. The van der Waals surface area contributed by atoms with Gasteiger partial charge in [0.15, 0.2) is 6.61 Å². The van der Waals surface area contributed by atoms with Crippen LogP contribution in [-0.4, -0.2) is 21.2 Å². The maximum Gasteiger partial charge on any atom is 0.341 e. The van der Waals surface area contributed by atoms with E-state index in [1.807, 2.05) is 12.1 Å². The van der Waals surface area contributed by atoms with Gasteiger partial charge < -0.3 is 9.15 Å². The second-order valence-electron chi connectivity index (χ2n) is 4.02. The highest BCUT2D eigenvalue weighted by Gasteiger charge is 2.15. The zero-order valence-corrected chi connectivity index (χ0v) is 14.0. The summed E-state index contributed by atoms with van der Waals surface area (Å²) in [5, 5.41) is 7.84. The highest BCUT2D eigenvalue weighted by molar-refractivity contribution is 9.11. The Morgan fingerprint density at radius 3 is 2.95 bits per heavy atom. The van der Waals surface area contributed by atoms with Crippen molar-refractivity contribution >= 4 is 44.8 Å². The van der Waals surface area contributed by atoms with E-state index in [1.54, 1.807) is 6.07 Å². The van der Waals surface area contributed by atoms with Gasteiger partial charge in [-0.3, -0.25) is 0 Å². The molecule has 0 atom stereocenters. The van der Waals surface area contributed by atoms with E-state index in [1.165, 1.54) is 23.6 Å². The van der Waals surface area contributed by atoms with Crippen molar-refractivity contribution in [2.24, 2.45) is 0 Å². The fourth-order valence-corrected chi connectivity index (χ4v) is 3.09. The van der Waals surface area contributed by atoms with Crippen LogP contribution in [0, 0.1) is 0 Å². The van der Waals surface area contributed by atoms with Gasteiger partial charge in [0.05, 0.1) is 14.2 Å². The Hall–Kier alpha value is -1.77. The monoisotopic (exact) mass is 399 g/mol. The number of carbonyl (C=O) groups excluding carboxylic acids is 1. The van der Waals surface area contributed by atoms with Gasteiger partial charge in [0.1, 0.15) is 5.15 Å². The van der Waals surface area contributed by atoms with E-state index >= 15 is 0 Å². The first-order valence-corrected chi connectivity index (χ1v) is 7.98. The molecule has 0 aliphatic heterocycles. The molecule has 22 heavy (non-hydrogen) atoms. The van der Waals surface area contributed by atoms with Gasteiger partial charge in [-0.05, 0) is 40.2 Å². The number of carbonyl (C=O) groups is 1. The van der Waals surface area contributed by atoms with Crippen LogP contribution in [0.25, 0.3) is 10.8 Å². The quantitative estimate of drug-likeness (QED) is 0.487. The van der Waals surface area contributed by atoms with Crippen LogP contribution in [-0.2, 0) is 11.3 Å². The lowest BCUT2D eigenvalue weighted by molar-refractivity contribution is 0.0438. The molecule has 9 heteroatoms. The summed E-state index contributed by atoms with van der Waals surface area (Å²) in [7, 11) is 0. The molecule has 3 heterocycles. The molecule has 0 aromatic carbocycles. The second kappa shape index (κ2) is 6.55. The molecular weight excluding hydrogens is 394 g/mol. The molecule has 0 fully saturated rings. The number of rotatable bonds is 4. The third-order valence-electron chi connectivity index (χ3n) is 2.56. The first-order chi connectivity index (χ1) is 10.6. The summed E-state index contributed by atoms with van der Waals surface area (Å²) in [6, 6.07) is 6.86. The summed E-state index contributed by atoms with van der Waals surface area (Å²) in [5.41, 5.74) is 0.186. The number of halogens is 2. The third-order valence-corrected chi connectivity index (χ3v) is 4.47. The minimum absolute atomic E-state index is 0.0853. The van der Waals surface area contributed by atoms with Crippen LogP contribution in [0.4, 0.5) is 0 Å². The molecule has 3 aromatic rings. The van der Waals surface area contributed by atoms with E-state index in [0.717, 1.165) is 8.66 Å². The number of aromatic nitrogens is 3. The Kier molecular flexibility index (Phi) is 4.51. The molecule has 0 N–H and O–H groups in total.